The van der Waals surface area contributed by atoms with Crippen LogP contribution in [0.3, 0.4) is 0 Å². The average molecular weight is 478 g/mol. The highest BCUT2D eigenvalue weighted by molar-refractivity contribution is 6.18. The van der Waals surface area contributed by atoms with Crippen LogP contribution in [-0.4, -0.2) is 65.4 Å². The summed E-state index contributed by atoms with van der Waals surface area (Å²) in [5.41, 5.74) is 4.58. The first kappa shape index (κ1) is 23.7. The van der Waals surface area contributed by atoms with Crippen molar-refractivity contribution in [3.8, 4) is 0 Å². The Morgan fingerprint density at radius 2 is 2.00 bits per heavy atom. The minimum Gasteiger partial charge on any atom is -0.481 e. The summed E-state index contributed by atoms with van der Waals surface area (Å²) in [6.07, 6.45) is 6.16. The molecule has 3 aromatic heterocycles. The van der Waals surface area contributed by atoms with E-state index in [2.05, 4.69) is 29.8 Å². The van der Waals surface area contributed by atoms with Crippen LogP contribution in [0, 0.1) is 0 Å². The number of nitrogens with one attached hydrogen (secondary N) is 1. The molecule has 0 spiro atoms. The second-order valence-electron chi connectivity index (χ2n) is 7.03. The Morgan fingerprint density at radius 1 is 1.22 bits per heavy atom. The lowest BCUT2D eigenvalue weighted by molar-refractivity contribution is -0.137. The van der Waals surface area contributed by atoms with E-state index in [4.69, 9.17) is 28.3 Å². The summed E-state index contributed by atoms with van der Waals surface area (Å²) in [6.45, 7) is 1.47. The maximum absolute atomic E-state index is 10.6. The molecule has 32 heavy (non-hydrogen) atoms. The molecule has 4 rings (SSSR count). The van der Waals surface area contributed by atoms with Crippen LogP contribution < -0.4 is 4.90 Å². The van der Waals surface area contributed by atoms with Crippen LogP contribution in [-0.2, 0) is 18.3 Å². The molecule has 0 atom stereocenters. The van der Waals surface area contributed by atoms with Gasteiger partial charge < -0.3 is 19.6 Å². The smallest absolute Gasteiger partial charge is 0.303 e. The zero-order valence-electron chi connectivity index (χ0n) is 17.7. The number of benzene rings is 1. The summed E-state index contributed by atoms with van der Waals surface area (Å²) in [5, 5.41) is 8.74. The molecular weight excluding hydrogens is 453 g/mol. The minimum absolute atomic E-state index is 0.160. The Labute approximate surface area is 195 Å². The van der Waals surface area contributed by atoms with Gasteiger partial charge in [0.25, 0.3) is 0 Å². The minimum atomic E-state index is -0.774. The molecular formula is C21H25Cl2N7O2. The third kappa shape index (κ3) is 6.08. The molecule has 0 aliphatic heterocycles. The largest absolute Gasteiger partial charge is 0.481 e. The average Bonchev–Trinajstić information content (AvgIpc) is 3.38. The van der Waals surface area contributed by atoms with Crippen molar-refractivity contribution in [1.82, 2.24) is 29.5 Å². The highest BCUT2D eigenvalue weighted by Crippen LogP contribution is 2.23. The Hall–Kier alpha value is -2.91. The van der Waals surface area contributed by atoms with Gasteiger partial charge in [0.15, 0.2) is 5.65 Å². The summed E-state index contributed by atoms with van der Waals surface area (Å²) in [7, 11) is 1.96. The van der Waals surface area contributed by atoms with Gasteiger partial charge in [-0.3, -0.25) is 4.79 Å². The van der Waals surface area contributed by atoms with Crippen LogP contribution in [0.15, 0.2) is 37.1 Å². The van der Waals surface area contributed by atoms with Gasteiger partial charge in [0.1, 0.15) is 17.7 Å². The van der Waals surface area contributed by atoms with Crippen molar-refractivity contribution in [1.29, 1.82) is 0 Å². The molecule has 0 fully saturated rings. The van der Waals surface area contributed by atoms with Crippen LogP contribution in [0.1, 0.15) is 18.7 Å². The summed E-state index contributed by atoms with van der Waals surface area (Å²) in [6, 6.07) is 6.12. The molecule has 9 nitrogen and oxygen atoms in total. The zero-order chi connectivity index (χ0) is 22.9. The number of imidazole rings is 2. The standard InChI is InChI=1S/C16H21Cl2N3O2.C5H4N4/c1-20-14-6-5-12(21(9-7-17)10-8-18)11-13(14)19-15(20)3-2-4-16(22)23;1-4-5(8-2-6-1)9-3-7-4/h5-6,11H,2-4,7-10H2,1H3,(H,22,23);1-3H,(H,6,7,8,9). The summed E-state index contributed by atoms with van der Waals surface area (Å²) < 4.78 is 2.02. The van der Waals surface area contributed by atoms with E-state index >= 15 is 0 Å². The topological polar surface area (TPSA) is 113 Å². The predicted octanol–water partition coefficient (Wildman–Crippen LogP) is 3.62. The van der Waals surface area contributed by atoms with Gasteiger partial charge in [-0.1, -0.05) is 0 Å². The van der Waals surface area contributed by atoms with E-state index < -0.39 is 5.97 Å². The predicted molar refractivity (Wildman–Crippen MR) is 127 cm³/mol. The van der Waals surface area contributed by atoms with Crippen molar-refractivity contribution < 1.29 is 9.90 Å². The molecule has 0 saturated carbocycles. The quantitative estimate of drug-likeness (QED) is 0.354. The van der Waals surface area contributed by atoms with E-state index in [0.717, 1.165) is 41.2 Å². The number of aromatic nitrogens is 6. The molecule has 4 aromatic rings. The third-order valence-corrected chi connectivity index (χ3v) is 5.26. The normalized spacial score (nSPS) is 10.8. The van der Waals surface area contributed by atoms with Crippen molar-refractivity contribution in [3.63, 3.8) is 0 Å². The number of H-pyrrole nitrogens is 1. The Kier molecular flexibility index (Phi) is 8.64. The molecule has 0 saturated heterocycles. The van der Waals surface area contributed by atoms with E-state index in [1.165, 1.54) is 6.33 Å². The van der Waals surface area contributed by atoms with Gasteiger partial charge in [-0.05, 0) is 24.6 Å². The molecule has 11 heteroatoms. The lowest BCUT2D eigenvalue weighted by atomic mass is 10.2. The highest BCUT2D eigenvalue weighted by atomic mass is 35.5. The fourth-order valence-electron chi connectivity index (χ4n) is 3.32. The second-order valence-corrected chi connectivity index (χ2v) is 7.79. The number of rotatable bonds is 9. The van der Waals surface area contributed by atoms with E-state index in [0.29, 0.717) is 30.2 Å². The SMILES string of the molecule is Cn1c(CCCC(=O)O)nc2cc(N(CCCl)CCCl)ccc21.c1ncc2[nH]cnc2n1. The van der Waals surface area contributed by atoms with Gasteiger partial charge in [0, 0.05) is 50.4 Å². The van der Waals surface area contributed by atoms with Gasteiger partial charge in [0.2, 0.25) is 0 Å². The van der Waals surface area contributed by atoms with Crippen LogP contribution in [0.2, 0.25) is 0 Å². The lowest BCUT2D eigenvalue weighted by Crippen LogP contribution is -2.27. The van der Waals surface area contributed by atoms with Crippen molar-refractivity contribution in [3.05, 3.63) is 42.9 Å². The monoisotopic (exact) mass is 477 g/mol. The van der Waals surface area contributed by atoms with E-state index in [9.17, 15) is 4.79 Å². The number of aryl methyl sites for hydroxylation is 2. The fraction of sp³-hybridized carbons (Fsp3) is 0.381. The Bertz CT molecular complexity index is 1130. The number of aromatic amines is 1. The number of carboxylic acids is 1. The van der Waals surface area contributed by atoms with Gasteiger partial charge >= 0.3 is 5.97 Å². The van der Waals surface area contributed by atoms with Crippen molar-refractivity contribution in [2.24, 2.45) is 7.05 Å². The molecule has 0 radical (unpaired) electrons. The fourth-order valence-corrected chi connectivity index (χ4v) is 3.73. The number of carbonyl (C=O) groups is 1. The molecule has 1 aromatic carbocycles. The summed E-state index contributed by atoms with van der Waals surface area (Å²) >= 11 is 11.7. The maximum atomic E-state index is 10.6. The molecule has 0 aliphatic rings. The molecule has 0 unspecified atom stereocenters. The number of halogens is 2. The van der Waals surface area contributed by atoms with E-state index in [1.807, 2.05) is 29.8 Å². The number of aliphatic carboxylic acids is 1. The number of alkyl halides is 2. The Morgan fingerprint density at radius 3 is 2.69 bits per heavy atom. The van der Waals surface area contributed by atoms with Gasteiger partial charge in [-0.2, -0.15) is 0 Å². The third-order valence-electron chi connectivity index (χ3n) is 4.92. The number of nitrogens with zero attached hydrogens (tertiary/aromatic N) is 6. The van der Waals surface area contributed by atoms with Crippen molar-refractivity contribution >= 4 is 57.1 Å². The van der Waals surface area contributed by atoms with Crippen molar-refractivity contribution in [2.45, 2.75) is 19.3 Å². The van der Waals surface area contributed by atoms with E-state index in [-0.39, 0.29) is 6.42 Å². The van der Waals surface area contributed by atoms with E-state index in [1.54, 1.807) is 12.5 Å². The Balaban J connectivity index is 0.000000264. The number of anilines is 1. The lowest BCUT2D eigenvalue weighted by Gasteiger charge is -2.22. The molecule has 0 aliphatic carbocycles. The first-order valence-electron chi connectivity index (χ1n) is 10.2. The van der Waals surface area contributed by atoms with Gasteiger partial charge in [-0.25, -0.2) is 19.9 Å². The number of carboxylic acid groups (broad SMARTS) is 1. The number of fused-ring (bicyclic) bond motifs is 2. The maximum Gasteiger partial charge on any atom is 0.303 e. The van der Waals surface area contributed by atoms with Crippen LogP contribution >= 0.6 is 23.2 Å². The molecule has 0 bridgehead atoms. The highest BCUT2D eigenvalue weighted by Gasteiger charge is 2.12. The number of hydrogen-bond acceptors (Lipinski definition) is 6. The molecule has 3 heterocycles. The molecule has 170 valence electrons. The van der Waals surface area contributed by atoms with Crippen molar-refractivity contribution in [2.75, 3.05) is 29.7 Å². The first-order valence-corrected chi connectivity index (χ1v) is 11.2. The zero-order valence-corrected chi connectivity index (χ0v) is 19.2. The van der Waals surface area contributed by atoms with Crippen LogP contribution in [0.4, 0.5) is 5.69 Å². The summed E-state index contributed by atoms with van der Waals surface area (Å²) in [4.78, 5) is 31.9. The van der Waals surface area contributed by atoms with Crippen LogP contribution in [0.5, 0.6) is 0 Å². The second kappa shape index (κ2) is 11.6. The van der Waals surface area contributed by atoms with Gasteiger partial charge in [-0.15, -0.1) is 23.2 Å². The summed E-state index contributed by atoms with van der Waals surface area (Å²) in [5.74, 6) is 1.21. The first-order chi connectivity index (χ1) is 15.5. The number of hydrogen-bond donors (Lipinski definition) is 2. The van der Waals surface area contributed by atoms with Crippen LogP contribution in [0.25, 0.3) is 22.2 Å². The molecule has 0 amide bonds. The van der Waals surface area contributed by atoms with Gasteiger partial charge in [0.05, 0.1) is 23.6 Å². The molecule has 2 N–H and O–H groups in total.